The van der Waals surface area contributed by atoms with Crippen molar-refractivity contribution in [1.29, 1.82) is 0 Å². The second-order valence-electron chi connectivity index (χ2n) is 3.86. The average Bonchev–Trinajstić information content (AvgIpc) is 2.85. The van der Waals surface area contributed by atoms with Crippen molar-refractivity contribution in [2.45, 2.75) is 18.7 Å². The molecule has 8 nitrogen and oxygen atoms in total. The van der Waals surface area contributed by atoms with Crippen LogP contribution in [0.1, 0.15) is 17.4 Å². The van der Waals surface area contributed by atoms with Gasteiger partial charge in [0, 0.05) is 18.3 Å². The first-order valence-corrected chi connectivity index (χ1v) is 6.99. The van der Waals surface area contributed by atoms with Crippen molar-refractivity contribution in [3.05, 3.63) is 11.9 Å². The third-order valence-electron chi connectivity index (χ3n) is 2.34. The van der Waals surface area contributed by atoms with Crippen molar-refractivity contribution >= 4 is 23.8 Å². The lowest BCUT2D eigenvalue weighted by molar-refractivity contribution is 0.0690. The summed E-state index contributed by atoms with van der Waals surface area (Å²) >= 11 is 1.67. The molecule has 0 saturated heterocycles. The fraction of sp³-hybridized carbons (Fsp3) is 0.600. The maximum atomic E-state index is 11.4. The van der Waals surface area contributed by atoms with Gasteiger partial charge in [-0.15, -0.1) is 5.10 Å². The zero-order valence-corrected chi connectivity index (χ0v) is 11.6. The van der Waals surface area contributed by atoms with Gasteiger partial charge in [-0.2, -0.15) is 11.8 Å². The highest BCUT2D eigenvalue weighted by molar-refractivity contribution is 7.99. The van der Waals surface area contributed by atoms with Gasteiger partial charge in [0.1, 0.15) is 0 Å². The van der Waals surface area contributed by atoms with Crippen molar-refractivity contribution < 1.29 is 14.7 Å². The van der Waals surface area contributed by atoms with E-state index >= 15 is 0 Å². The van der Waals surface area contributed by atoms with Gasteiger partial charge >= 0.3 is 12.0 Å². The summed E-state index contributed by atoms with van der Waals surface area (Å²) in [5.41, 5.74) is -0.113. The summed E-state index contributed by atoms with van der Waals surface area (Å²) in [7, 11) is 0. The van der Waals surface area contributed by atoms with Gasteiger partial charge in [-0.3, -0.25) is 0 Å². The number of hydrogen-bond donors (Lipinski definition) is 3. The molecule has 0 aliphatic heterocycles. The Kier molecular flexibility index (Phi) is 6.13. The molecule has 1 unspecified atom stereocenters. The SMILES string of the molecule is CSC(C)CNC(=O)NCCn1cc(C(=O)O)nn1. The number of urea groups is 1. The minimum atomic E-state index is -1.12. The van der Waals surface area contributed by atoms with Crippen LogP contribution in [-0.4, -0.2) is 56.7 Å². The lowest BCUT2D eigenvalue weighted by atomic mass is 10.5. The van der Waals surface area contributed by atoms with E-state index in [-0.39, 0.29) is 11.7 Å². The predicted molar refractivity (Wildman–Crippen MR) is 71.4 cm³/mol. The molecule has 2 amide bonds. The number of hydrogen-bond acceptors (Lipinski definition) is 5. The highest BCUT2D eigenvalue weighted by atomic mass is 32.2. The Morgan fingerprint density at radius 3 is 2.84 bits per heavy atom. The fourth-order valence-electron chi connectivity index (χ4n) is 1.17. The van der Waals surface area contributed by atoms with Crippen molar-refractivity contribution in [2.75, 3.05) is 19.3 Å². The van der Waals surface area contributed by atoms with E-state index < -0.39 is 5.97 Å². The number of carbonyl (C=O) groups is 2. The summed E-state index contributed by atoms with van der Waals surface area (Å²) in [5.74, 6) is -1.12. The summed E-state index contributed by atoms with van der Waals surface area (Å²) in [6.45, 7) is 3.33. The number of carboxylic acid groups (broad SMARTS) is 1. The van der Waals surface area contributed by atoms with Crippen LogP contribution >= 0.6 is 11.8 Å². The Labute approximate surface area is 114 Å². The second kappa shape index (κ2) is 7.62. The Morgan fingerprint density at radius 1 is 1.53 bits per heavy atom. The molecule has 3 N–H and O–H groups in total. The first-order chi connectivity index (χ1) is 9.02. The summed E-state index contributed by atoms with van der Waals surface area (Å²) in [5, 5.41) is 21.5. The molecule has 0 radical (unpaired) electrons. The molecule has 1 aromatic heterocycles. The second-order valence-corrected chi connectivity index (χ2v) is 5.13. The summed E-state index contributed by atoms with van der Waals surface area (Å²) < 4.78 is 1.37. The Morgan fingerprint density at radius 2 is 2.26 bits per heavy atom. The molecule has 1 atom stereocenters. The first kappa shape index (κ1) is 15.3. The maximum absolute atomic E-state index is 11.4. The monoisotopic (exact) mass is 287 g/mol. The number of amides is 2. The molecule has 19 heavy (non-hydrogen) atoms. The predicted octanol–water partition coefficient (Wildman–Crippen LogP) is 0.0270. The van der Waals surface area contributed by atoms with E-state index in [0.717, 1.165) is 0 Å². The van der Waals surface area contributed by atoms with Crippen LogP contribution < -0.4 is 10.6 Å². The van der Waals surface area contributed by atoms with E-state index in [1.54, 1.807) is 11.8 Å². The quantitative estimate of drug-likeness (QED) is 0.652. The van der Waals surface area contributed by atoms with Crippen LogP contribution in [-0.2, 0) is 6.54 Å². The molecule has 1 heterocycles. The van der Waals surface area contributed by atoms with Crippen LogP contribution in [0.15, 0.2) is 6.20 Å². The number of thioether (sulfide) groups is 1. The Balaban J connectivity index is 2.22. The molecule has 0 spiro atoms. The Hall–Kier alpha value is -1.77. The van der Waals surface area contributed by atoms with E-state index in [0.29, 0.717) is 24.9 Å². The largest absolute Gasteiger partial charge is 0.476 e. The number of aromatic carboxylic acids is 1. The number of rotatable bonds is 7. The van der Waals surface area contributed by atoms with E-state index in [1.165, 1.54) is 10.9 Å². The minimum absolute atomic E-state index is 0.113. The van der Waals surface area contributed by atoms with Gasteiger partial charge in [0.05, 0.1) is 12.7 Å². The van der Waals surface area contributed by atoms with Gasteiger partial charge < -0.3 is 15.7 Å². The van der Waals surface area contributed by atoms with Crippen molar-refractivity contribution in [3.63, 3.8) is 0 Å². The lowest BCUT2D eigenvalue weighted by Gasteiger charge is -2.10. The highest BCUT2D eigenvalue weighted by Crippen LogP contribution is 2.01. The van der Waals surface area contributed by atoms with Crippen LogP contribution in [0.25, 0.3) is 0 Å². The van der Waals surface area contributed by atoms with Crippen molar-refractivity contribution in [2.24, 2.45) is 0 Å². The number of aromatic nitrogens is 3. The van der Waals surface area contributed by atoms with E-state index in [2.05, 4.69) is 20.9 Å². The molecule has 1 aromatic rings. The van der Waals surface area contributed by atoms with Crippen LogP contribution in [0.4, 0.5) is 4.79 Å². The molecule has 1 rings (SSSR count). The third kappa shape index (κ3) is 5.60. The zero-order chi connectivity index (χ0) is 14.3. The standard InChI is InChI=1S/C10H17N5O3S/c1-7(19-2)5-12-10(18)11-3-4-15-6-8(9(16)17)13-14-15/h6-7H,3-5H2,1-2H3,(H,16,17)(H2,11,12,18). The molecule has 106 valence electrons. The van der Waals surface area contributed by atoms with Crippen molar-refractivity contribution in [3.8, 4) is 0 Å². The number of carbonyl (C=O) groups excluding carboxylic acids is 1. The summed E-state index contributed by atoms with van der Waals surface area (Å²) in [6, 6.07) is -0.250. The minimum Gasteiger partial charge on any atom is -0.476 e. The molecule has 9 heteroatoms. The van der Waals surface area contributed by atoms with Gasteiger partial charge in [-0.1, -0.05) is 12.1 Å². The van der Waals surface area contributed by atoms with E-state index in [9.17, 15) is 9.59 Å². The van der Waals surface area contributed by atoms with Crippen LogP contribution in [0.2, 0.25) is 0 Å². The average molecular weight is 287 g/mol. The molecule has 0 aliphatic carbocycles. The molecule has 0 bridgehead atoms. The summed E-state index contributed by atoms with van der Waals surface area (Å²) in [6.07, 6.45) is 3.30. The molecule has 0 aliphatic rings. The van der Waals surface area contributed by atoms with Crippen LogP contribution in [0.5, 0.6) is 0 Å². The zero-order valence-electron chi connectivity index (χ0n) is 10.8. The topological polar surface area (TPSA) is 109 Å². The normalized spacial score (nSPS) is 11.9. The molecule has 0 aromatic carbocycles. The van der Waals surface area contributed by atoms with Gasteiger partial charge in [0.2, 0.25) is 0 Å². The van der Waals surface area contributed by atoms with Crippen molar-refractivity contribution in [1.82, 2.24) is 25.6 Å². The highest BCUT2D eigenvalue weighted by Gasteiger charge is 2.08. The van der Waals surface area contributed by atoms with Crippen LogP contribution in [0, 0.1) is 0 Å². The van der Waals surface area contributed by atoms with Gasteiger partial charge in [-0.05, 0) is 6.26 Å². The lowest BCUT2D eigenvalue weighted by Crippen LogP contribution is -2.39. The van der Waals surface area contributed by atoms with E-state index in [4.69, 9.17) is 5.11 Å². The first-order valence-electron chi connectivity index (χ1n) is 5.71. The number of nitrogens with one attached hydrogen (secondary N) is 2. The number of nitrogens with zero attached hydrogens (tertiary/aromatic N) is 3. The maximum Gasteiger partial charge on any atom is 0.358 e. The van der Waals surface area contributed by atoms with E-state index in [1.807, 2.05) is 13.2 Å². The van der Waals surface area contributed by atoms with Gasteiger partial charge in [-0.25, -0.2) is 14.3 Å². The molecule has 0 saturated carbocycles. The van der Waals surface area contributed by atoms with Gasteiger partial charge in [0.25, 0.3) is 0 Å². The van der Waals surface area contributed by atoms with Crippen LogP contribution in [0.3, 0.4) is 0 Å². The third-order valence-corrected chi connectivity index (χ3v) is 3.31. The number of carboxylic acids is 1. The molecular weight excluding hydrogens is 270 g/mol. The molecule has 0 fully saturated rings. The smallest absolute Gasteiger partial charge is 0.358 e. The fourth-order valence-corrected chi connectivity index (χ4v) is 1.42. The Bertz CT molecular complexity index is 437. The van der Waals surface area contributed by atoms with Gasteiger partial charge in [0.15, 0.2) is 5.69 Å². The summed E-state index contributed by atoms with van der Waals surface area (Å²) in [4.78, 5) is 22.0. The molecular formula is C10H17N5O3S.